The maximum atomic E-state index is 12.7. The molecule has 2 N–H and O–H groups in total. The summed E-state index contributed by atoms with van der Waals surface area (Å²) in [6.07, 6.45) is 2.87. The summed E-state index contributed by atoms with van der Waals surface area (Å²) in [6.45, 7) is 1.55. The fourth-order valence-corrected chi connectivity index (χ4v) is 3.87. The number of esters is 1. The summed E-state index contributed by atoms with van der Waals surface area (Å²) >= 11 is 0. The molecule has 1 aromatic heterocycles. The number of rotatable bonds is 6. The highest BCUT2D eigenvalue weighted by atomic mass is 16.5. The number of H-pyrrole nitrogens is 1. The van der Waals surface area contributed by atoms with Gasteiger partial charge in [-0.25, -0.2) is 4.79 Å². The normalized spacial score (nSPS) is 13.7. The van der Waals surface area contributed by atoms with Gasteiger partial charge in [0.15, 0.2) is 6.61 Å². The van der Waals surface area contributed by atoms with Crippen LogP contribution in [0.1, 0.15) is 18.1 Å². The molecular weight excluding hydrogens is 382 g/mol. The van der Waals surface area contributed by atoms with Crippen molar-refractivity contribution in [3.05, 3.63) is 65.9 Å². The van der Waals surface area contributed by atoms with Crippen LogP contribution in [-0.4, -0.2) is 42.0 Å². The number of amides is 2. The van der Waals surface area contributed by atoms with Gasteiger partial charge in [0.1, 0.15) is 6.04 Å². The van der Waals surface area contributed by atoms with Crippen molar-refractivity contribution in [1.29, 1.82) is 0 Å². The summed E-state index contributed by atoms with van der Waals surface area (Å²) in [6, 6.07) is 14.5. The van der Waals surface area contributed by atoms with Crippen molar-refractivity contribution in [3.63, 3.8) is 0 Å². The number of carbonyl (C=O) groups is 3. The smallest absolute Gasteiger partial charge is 0.329 e. The van der Waals surface area contributed by atoms with E-state index in [4.69, 9.17) is 4.74 Å². The number of para-hydroxylation sites is 2. The lowest BCUT2D eigenvalue weighted by Gasteiger charge is -2.19. The number of nitrogens with one attached hydrogen (secondary N) is 2. The first-order valence-corrected chi connectivity index (χ1v) is 9.90. The molecule has 30 heavy (non-hydrogen) atoms. The van der Waals surface area contributed by atoms with Gasteiger partial charge < -0.3 is 19.9 Å². The van der Waals surface area contributed by atoms with Crippen LogP contribution < -0.4 is 10.2 Å². The van der Waals surface area contributed by atoms with Gasteiger partial charge in [0.2, 0.25) is 5.91 Å². The summed E-state index contributed by atoms with van der Waals surface area (Å²) in [5.41, 5.74) is 3.80. The number of aromatic nitrogens is 1. The third-order valence-electron chi connectivity index (χ3n) is 5.29. The van der Waals surface area contributed by atoms with E-state index in [2.05, 4.69) is 10.3 Å². The summed E-state index contributed by atoms with van der Waals surface area (Å²) in [5, 5.41) is 3.62. The third-order valence-corrected chi connectivity index (χ3v) is 5.29. The number of hydrogen-bond acceptors (Lipinski definition) is 4. The Morgan fingerprint density at radius 3 is 2.73 bits per heavy atom. The van der Waals surface area contributed by atoms with Gasteiger partial charge in [-0.15, -0.1) is 0 Å². The van der Waals surface area contributed by atoms with Gasteiger partial charge in [-0.05, 0) is 29.7 Å². The summed E-state index contributed by atoms with van der Waals surface area (Å²) < 4.78 is 5.30. The molecular formula is C23H23N3O4. The standard InChI is InChI=1S/C23H23N3O4/c1-15(27)25-20(12-17-13-24-19-8-4-3-7-18(17)19)23(29)30-14-22(28)26-11-10-16-6-2-5-9-21(16)26/h2-9,13,20,24H,10-12,14H2,1H3,(H,25,27). The Kier molecular flexibility index (Phi) is 5.52. The Morgan fingerprint density at radius 2 is 1.90 bits per heavy atom. The molecule has 1 aliphatic heterocycles. The van der Waals surface area contributed by atoms with Crippen LogP contribution in [0.4, 0.5) is 5.69 Å². The van der Waals surface area contributed by atoms with Crippen molar-refractivity contribution in [2.45, 2.75) is 25.8 Å². The highest BCUT2D eigenvalue weighted by Gasteiger charge is 2.27. The molecule has 2 heterocycles. The average molecular weight is 405 g/mol. The molecule has 0 bridgehead atoms. The number of aromatic amines is 1. The van der Waals surface area contributed by atoms with E-state index in [1.165, 1.54) is 6.92 Å². The van der Waals surface area contributed by atoms with Crippen molar-refractivity contribution in [2.75, 3.05) is 18.1 Å². The largest absolute Gasteiger partial charge is 0.454 e. The fourth-order valence-electron chi connectivity index (χ4n) is 3.87. The second-order valence-electron chi connectivity index (χ2n) is 7.35. The second kappa shape index (κ2) is 8.41. The van der Waals surface area contributed by atoms with Crippen LogP contribution in [0, 0.1) is 0 Å². The van der Waals surface area contributed by atoms with E-state index >= 15 is 0 Å². The van der Waals surface area contributed by atoms with Crippen LogP contribution in [-0.2, 0) is 32.0 Å². The Bertz CT molecular complexity index is 1100. The quantitative estimate of drug-likeness (QED) is 0.616. The highest BCUT2D eigenvalue weighted by molar-refractivity contribution is 5.97. The average Bonchev–Trinajstić information content (AvgIpc) is 3.35. The summed E-state index contributed by atoms with van der Waals surface area (Å²) in [7, 11) is 0. The van der Waals surface area contributed by atoms with Gasteiger partial charge in [-0.3, -0.25) is 9.59 Å². The summed E-state index contributed by atoms with van der Waals surface area (Å²) in [4.78, 5) is 41.7. The van der Waals surface area contributed by atoms with E-state index in [0.29, 0.717) is 6.54 Å². The van der Waals surface area contributed by atoms with E-state index in [-0.39, 0.29) is 24.8 Å². The van der Waals surface area contributed by atoms with Gasteiger partial charge in [-0.2, -0.15) is 0 Å². The first-order chi connectivity index (χ1) is 14.5. The van der Waals surface area contributed by atoms with Crippen molar-refractivity contribution >= 4 is 34.4 Å². The molecule has 2 aromatic carbocycles. The number of ether oxygens (including phenoxy) is 1. The molecule has 2 amide bonds. The monoisotopic (exact) mass is 405 g/mol. The SMILES string of the molecule is CC(=O)NC(Cc1c[nH]c2ccccc12)C(=O)OCC(=O)N1CCc2ccccc21. The van der Waals surface area contributed by atoms with Crippen molar-refractivity contribution < 1.29 is 19.1 Å². The van der Waals surface area contributed by atoms with Crippen molar-refractivity contribution in [1.82, 2.24) is 10.3 Å². The van der Waals surface area contributed by atoms with E-state index in [1.54, 1.807) is 4.90 Å². The van der Waals surface area contributed by atoms with Crippen LogP contribution in [0.2, 0.25) is 0 Å². The number of nitrogens with zero attached hydrogens (tertiary/aromatic N) is 1. The van der Waals surface area contributed by atoms with Crippen LogP contribution >= 0.6 is 0 Å². The molecule has 7 heteroatoms. The molecule has 0 saturated carbocycles. The Hall–Kier alpha value is -3.61. The zero-order valence-corrected chi connectivity index (χ0v) is 16.7. The van der Waals surface area contributed by atoms with E-state index in [0.717, 1.165) is 34.1 Å². The van der Waals surface area contributed by atoms with Crippen LogP contribution in [0.5, 0.6) is 0 Å². The number of carbonyl (C=O) groups excluding carboxylic acids is 3. The third kappa shape index (κ3) is 4.05. The maximum Gasteiger partial charge on any atom is 0.329 e. The van der Waals surface area contributed by atoms with Gasteiger partial charge in [0.05, 0.1) is 0 Å². The molecule has 0 spiro atoms. The van der Waals surface area contributed by atoms with Crippen molar-refractivity contribution in [2.24, 2.45) is 0 Å². The lowest BCUT2D eigenvalue weighted by molar-refractivity contribution is -0.151. The molecule has 0 fully saturated rings. The molecule has 0 radical (unpaired) electrons. The zero-order valence-electron chi connectivity index (χ0n) is 16.7. The molecule has 3 aromatic rings. The molecule has 0 saturated heterocycles. The van der Waals surface area contributed by atoms with Crippen LogP contribution in [0.25, 0.3) is 10.9 Å². The molecule has 0 aliphatic carbocycles. The number of anilines is 1. The van der Waals surface area contributed by atoms with Crippen LogP contribution in [0.3, 0.4) is 0 Å². The van der Waals surface area contributed by atoms with E-state index < -0.39 is 12.0 Å². The van der Waals surface area contributed by atoms with Gasteiger partial charge in [0.25, 0.3) is 5.91 Å². The second-order valence-corrected chi connectivity index (χ2v) is 7.35. The fraction of sp³-hybridized carbons (Fsp3) is 0.261. The molecule has 1 aliphatic rings. The first-order valence-electron chi connectivity index (χ1n) is 9.90. The van der Waals surface area contributed by atoms with E-state index in [1.807, 2.05) is 54.7 Å². The lowest BCUT2D eigenvalue weighted by Crippen LogP contribution is -2.43. The minimum atomic E-state index is -0.875. The molecule has 154 valence electrons. The minimum Gasteiger partial charge on any atom is -0.454 e. The van der Waals surface area contributed by atoms with Gasteiger partial charge >= 0.3 is 5.97 Å². The predicted octanol–water partition coefficient (Wildman–Crippen LogP) is 2.35. The number of benzene rings is 2. The minimum absolute atomic E-state index is 0.267. The summed E-state index contributed by atoms with van der Waals surface area (Å²) in [5.74, 6) is -1.24. The Labute approximate surface area is 174 Å². The van der Waals surface area contributed by atoms with E-state index in [9.17, 15) is 14.4 Å². The molecule has 1 unspecified atom stereocenters. The van der Waals surface area contributed by atoms with Crippen molar-refractivity contribution in [3.8, 4) is 0 Å². The highest BCUT2D eigenvalue weighted by Crippen LogP contribution is 2.27. The first kappa shape index (κ1) is 19.7. The van der Waals surface area contributed by atoms with Gasteiger partial charge in [0, 0.05) is 42.7 Å². The van der Waals surface area contributed by atoms with Gasteiger partial charge in [-0.1, -0.05) is 36.4 Å². The topological polar surface area (TPSA) is 91.5 Å². The molecule has 4 rings (SSSR count). The molecule has 1 atom stereocenters. The number of hydrogen-bond donors (Lipinski definition) is 2. The lowest BCUT2D eigenvalue weighted by atomic mass is 10.0. The Morgan fingerprint density at radius 1 is 1.13 bits per heavy atom. The Balaban J connectivity index is 1.42. The zero-order chi connectivity index (χ0) is 21.1. The number of fused-ring (bicyclic) bond motifs is 2. The predicted molar refractivity (Wildman–Crippen MR) is 113 cm³/mol. The molecule has 7 nitrogen and oxygen atoms in total. The van der Waals surface area contributed by atoms with Crippen LogP contribution in [0.15, 0.2) is 54.7 Å². The maximum absolute atomic E-state index is 12.7.